The van der Waals surface area contributed by atoms with E-state index in [1.54, 1.807) is 40.0 Å². The third-order valence-electron chi connectivity index (χ3n) is 9.96. The van der Waals surface area contributed by atoms with Crippen LogP contribution in [0.5, 0.6) is 0 Å². The minimum absolute atomic E-state index is 0.0276. The Hall–Kier alpha value is -3.13. The fourth-order valence-electron chi connectivity index (χ4n) is 6.72. The molecule has 0 radical (unpaired) electrons. The number of thiocarbonyl (C=S) groups is 1. The number of carbonyl (C=O) groups is 4. The highest BCUT2D eigenvalue weighted by Crippen LogP contribution is 2.30. The molecule has 1 aromatic carbocycles. The molecule has 1 aliphatic heterocycles. The molecule has 282 valence electrons. The van der Waals surface area contributed by atoms with Crippen molar-refractivity contribution in [3.8, 4) is 0 Å². The van der Waals surface area contributed by atoms with Crippen LogP contribution in [-0.2, 0) is 35.1 Å². The van der Waals surface area contributed by atoms with E-state index in [-0.39, 0.29) is 48.5 Å². The highest BCUT2D eigenvalue weighted by atomic mass is 32.1. The van der Waals surface area contributed by atoms with Crippen molar-refractivity contribution < 1.29 is 33.8 Å². The van der Waals surface area contributed by atoms with Gasteiger partial charge in [-0.2, -0.15) is 0 Å². The lowest BCUT2D eigenvalue weighted by Crippen LogP contribution is -2.60. The smallest absolute Gasteiger partial charge is 0.326 e. The summed E-state index contributed by atoms with van der Waals surface area (Å²) in [6, 6.07) is 6.87. The molecule has 0 saturated carbocycles. The van der Waals surface area contributed by atoms with E-state index in [0.29, 0.717) is 18.0 Å². The molecule has 1 saturated heterocycles. The number of amides is 3. The van der Waals surface area contributed by atoms with Gasteiger partial charge in [-0.25, -0.2) is 4.79 Å². The Morgan fingerprint density at radius 3 is 2.20 bits per heavy atom. The fourth-order valence-corrected chi connectivity index (χ4v) is 7.00. The molecule has 8 atom stereocenters. The second-order valence-corrected chi connectivity index (χ2v) is 15.0. The molecule has 1 heterocycles. The molecule has 5 N–H and O–H groups in total. The number of carboxylic acid groups (broad SMARTS) is 1. The number of ether oxygens (including phenoxy) is 2. The number of aliphatic carboxylic acids is 1. The first-order chi connectivity index (χ1) is 23.4. The number of likely N-dealkylation sites (N-methyl/N-ethyl adjacent to an activating group) is 1. The van der Waals surface area contributed by atoms with Gasteiger partial charge in [0.05, 0.1) is 41.2 Å². The first-order valence-corrected chi connectivity index (χ1v) is 18.1. The number of hydrogen-bond donors (Lipinski definition) is 4. The van der Waals surface area contributed by atoms with Gasteiger partial charge in [0.25, 0.3) is 0 Å². The third kappa shape index (κ3) is 11.4. The average molecular weight is 720 g/mol. The molecule has 0 aliphatic carbocycles. The topological polar surface area (TPSA) is 164 Å². The van der Waals surface area contributed by atoms with Crippen LogP contribution in [0, 0.1) is 17.8 Å². The van der Waals surface area contributed by atoms with Crippen LogP contribution < -0.4 is 16.4 Å². The number of likely N-dealkylation sites (tertiary alicyclic amines) is 1. The summed E-state index contributed by atoms with van der Waals surface area (Å²) in [4.78, 5) is 56.8. The Bertz CT molecular complexity index is 1290. The van der Waals surface area contributed by atoms with Crippen LogP contribution in [0.15, 0.2) is 30.3 Å². The Kier molecular flexibility index (Phi) is 16.8. The van der Waals surface area contributed by atoms with Gasteiger partial charge in [-0.15, -0.1) is 0 Å². The summed E-state index contributed by atoms with van der Waals surface area (Å²) in [5.41, 5.74) is 5.73. The van der Waals surface area contributed by atoms with Crippen molar-refractivity contribution in [3.05, 3.63) is 35.9 Å². The number of nitrogens with two attached hydrogens (primary N) is 1. The first-order valence-electron chi connectivity index (χ1n) is 17.7. The summed E-state index contributed by atoms with van der Waals surface area (Å²) < 4.78 is 11.9. The van der Waals surface area contributed by atoms with Crippen LogP contribution >= 0.6 is 12.2 Å². The standard InChI is InChI=1S/C37H61N5O7S/c1-11-23(4)31(41(8)34(44)30(22(2)3)40-36(47)37(6,7)38)28(48-9)21-29(43)42-19-15-18-27(42)32(49-10)24(5)33(50)39-26(35(45)46)20-25-16-13-12-14-17-25/h12-14,16-17,22-24,26-28,30-32H,11,15,18-21,38H2,1-10H3,(H,39,50)(H,40,47)(H,45,46)/t23-,24+,26-,27?,28+,30-,31-,32+/m0/s1. The summed E-state index contributed by atoms with van der Waals surface area (Å²) in [7, 11) is 4.82. The number of hydrogen-bond acceptors (Lipinski definition) is 8. The van der Waals surface area contributed by atoms with E-state index in [4.69, 9.17) is 27.4 Å². The quantitative estimate of drug-likeness (QED) is 0.156. The molecule has 0 aromatic heterocycles. The van der Waals surface area contributed by atoms with Gasteiger partial charge in [-0.3, -0.25) is 14.4 Å². The maximum absolute atomic E-state index is 14.1. The van der Waals surface area contributed by atoms with Crippen molar-refractivity contribution in [2.24, 2.45) is 23.5 Å². The molecule has 12 nitrogen and oxygen atoms in total. The van der Waals surface area contributed by atoms with E-state index in [2.05, 4.69) is 10.6 Å². The van der Waals surface area contributed by atoms with Crippen molar-refractivity contribution in [2.45, 2.75) is 122 Å². The molecule has 1 fully saturated rings. The van der Waals surface area contributed by atoms with E-state index in [9.17, 15) is 24.3 Å². The number of carboxylic acids is 1. The summed E-state index contributed by atoms with van der Waals surface area (Å²) >= 11 is 5.73. The SMILES string of the molecule is CC[C@H](C)[C@@H]([C@@H](CC(=O)N1CCCC1[C@H](OC)[C@@H](C)C(=S)N[C@@H](Cc1ccccc1)C(=O)O)OC)N(C)C(=O)[C@@H](NC(=O)C(C)(C)N)C(C)C. The average Bonchev–Trinajstić information content (AvgIpc) is 3.55. The molecule has 50 heavy (non-hydrogen) atoms. The summed E-state index contributed by atoms with van der Waals surface area (Å²) in [5, 5.41) is 15.8. The lowest BCUT2D eigenvalue weighted by molar-refractivity contribution is -0.147. The molecule has 0 bridgehead atoms. The number of rotatable bonds is 19. The van der Waals surface area contributed by atoms with Gasteiger partial charge in [0.2, 0.25) is 17.7 Å². The molecular weight excluding hydrogens is 659 g/mol. The van der Waals surface area contributed by atoms with Crippen LogP contribution in [0.3, 0.4) is 0 Å². The summed E-state index contributed by atoms with van der Waals surface area (Å²) in [6.45, 7) is 13.4. The molecule has 0 spiro atoms. The van der Waals surface area contributed by atoms with Crippen LogP contribution in [0.1, 0.15) is 79.7 Å². The van der Waals surface area contributed by atoms with E-state index in [1.807, 2.05) is 69.9 Å². The van der Waals surface area contributed by atoms with Gasteiger partial charge in [-0.05, 0) is 44.1 Å². The lowest BCUT2D eigenvalue weighted by Gasteiger charge is -2.41. The number of carbonyl (C=O) groups excluding carboxylic acids is 3. The highest BCUT2D eigenvalue weighted by Gasteiger charge is 2.43. The fraction of sp³-hybridized carbons (Fsp3) is 0.703. The first kappa shape index (κ1) is 43.0. The predicted molar refractivity (Wildman–Crippen MR) is 198 cm³/mol. The Morgan fingerprint density at radius 1 is 1.08 bits per heavy atom. The van der Waals surface area contributed by atoms with Gasteiger partial charge in [0.15, 0.2) is 0 Å². The van der Waals surface area contributed by atoms with E-state index in [0.717, 1.165) is 18.4 Å². The zero-order valence-corrected chi connectivity index (χ0v) is 32.4. The highest BCUT2D eigenvalue weighted by molar-refractivity contribution is 7.80. The minimum Gasteiger partial charge on any atom is -0.480 e. The molecule has 2 rings (SSSR count). The maximum atomic E-state index is 14.1. The van der Waals surface area contributed by atoms with E-state index >= 15 is 0 Å². The van der Waals surface area contributed by atoms with Crippen LogP contribution in [-0.4, -0.2) is 113 Å². The van der Waals surface area contributed by atoms with Gasteiger partial charge >= 0.3 is 5.97 Å². The Labute approximate surface area is 304 Å². The number of nitrogens with zero attached hydrogens (tertiary/aromatic N) is 2. The number of nitrogens with one attached hydrogen (secondary N) is 2. The summed E-state index contributed by atoms with van der Waals surface area (Å²) in [6.07, 6.45) is 1.38. The van der Waals surface area contributed by atoms with E-state index in [1.165, 1.54) is 0 Å². The van der Waals surface area contributed by atoms with Crippen molar-refractivity contribution in [3.63, 3.8) is 0 Å². The van der Waals surface area contributed by atoms with Crippen LogP contribution in [0.4, 0.5) is 0 Å². The lowest BCUT2D eigenvalue weighted by atomic mass is 9.89. The molecular formula is C37H61N5O7S. The predicted octanol–water partition coefficient (Wildman–Crippen LogP) is 3.40. The zero-order chi connectivity index (χ0) is 37.9. The van der Waals surface area contributed by atoms with Crippen LogP contribution in [0.2, 0.25) is 0 Å². The molecule has 1 aromatic rings. The second kappa shape index (κ2) is 19.5. The zero-order valence-electron chi connectivity index (χ0n) is 31.6. The second-order valence-electron chi connectivity index (χ2n) is 14.6. The molecule has 3 amide bonds. The van der Waals surface area contributed by atoms with Gasteiger partial charge in [0.1, 0.15) is 12.1 Å². The van der Waals surface area contributed by atoms with E-state index < -0.39 is 47.7 Å². The monoisotopic (exact) mass is 719 g/mol. The normalized spacial score (nSPS) is 19.1. The van der Waals surface area contributed by atoms with Crippen molar-refractivity contribution in [1.29, 1.82) is 0 Å². The van der Waals surface area contributed by atoms with Gasteiger partial charge in [0, 0.05) is 40.2 Å². The van der Waals surface area contributed by atoms with Crippen LogP contribution in [0.25, 0.3) is 0 Å². The van der Waals surface area contributed by atoms with Gasteiger partial charge in [-0.1, -0.05) is 83.6 Å². The number of methoxy groups -OCH3 is 2. The van der Waals surface area contributed by atoms with Crippen molar-refractivity contribution in [2.75, 3.05) is 27.8 Å². The Balaban J connectivity index is 2.26. The minimum atomic E-state index is -1.16. The van der Waals surface area contributed by atoms with Crippen molar-refractivity contribution in [1.82, 2.24) is 20.4 Å². The molecule has 1 aliphatic rings. The maximum Gasteiger partial charge on any atom is 0.326 e. The summed E-state index contributed by atoms with van der Waals surface area (Å²) in [5.74, 6) is -2.47. The molecule has 13 heteroatoms. The molecule has 1 unspecified atom stereocenters. The van der Waals surface area contributed by atoms with Gasteiger partial charge < -0.3 is 40.7 Å². The van der Waals surface area contributed by atoms with Crippen molar-refractivity contribution >= 4 is 40.9 Å². The Morgan fingerprint density at radius 2 is 1.70 bits per heavy atom. The largest absolute Gasteiger partial charge is 0.480 e. The number of benzene rings is 1. The third-order valence-corrected chi connectivity index (χ3v) is 10.5.